The van der Waals surface area contributed by atoms with E-state index in [4.69, 9.17) is 0 Å². The second-order valence-corrected chi connectivity index (χ2v) is 3.40. The molecule has 1 rings (SSSR count). The number of halogens is 2. The van der Waals surface area contributed by atoms with E-state index in [2.05, 4.69) is 5.32 Å². The number of ketones is 1. The monoisotopic (exact) mass is 227 g/mol. The molecule has 0 aliphatic rings. The van der Waals surface area contributed by atoms with Gasteiger partial charge in [0.25, 0.3) is 0 Å². The lowest BCUT2D eigenvalue weighted by atomic mass is 10.2. The molecule has 1 aromatic rings. The van der Waals surface area contributed by atoms with Crippen LogP contribution in [0.25, 0.3) is 0 Å². The third-order valence-corrected chi connectivity index (χ3v) is 1.88. The van der Waals surface area contributed by atoms with Crippen molar-refractivity contribution in [1.82, 2.24) is 5.32 Å². The summed E-state index contributed by atoms with van der Waals surface area (Å²) in [6.45, 7) is 1.38. The van der Waals surface area contributed by atoms with E-state index in [9.17, 15) is 18.4 Å². The minimum atomic E-state index is -0.960. The summed E-state index contributed by atoms with van der Waals surface area (Å²) in [4.78, 5) is 21.7. The van der Waals surface area contributed by atoms with Crippen LogP contribution in [0, 0.1) is 11.6 Å². The number of Topliss-reactive ketones (excluding diaryl/α,β-unsaturated/α-hetero) is 1. The van der Waals surface area contributed by atoms with E-state index < -0.39 is 17.5 Å². The zero-order chi connectivity index (χ0) is 12.1. The maximum Gasteiger partial charge on any atom is 0.227 e. The van der Waals surface area contributed by atoms with Crippen molar-refractivity contribution in [2.45, 2.75) is 19.9 Å². The molecule has 5 heteroatoms. The van der Waals surface area contributed by atoms with Crippen LogP contribution in [0.4, 0.5) is 8.78 Å². The SMILES string of the molecule is CC(=O)CC(=O)NCc1ccc(F)c(F)c1. The summed E-state index contributed by atoms with van der Waals surface area (Å²) < 4.78 is 25.3. The highest BCUT2D eigenvalue weighted by Gasteiger charge is 2.06. The molecule has 86 valence electrons. The molecule has 0 aliphatic carbocycles. The van der Waals surface area contributed by atoms with Crippen molar-refractivity contribution in [3.8, 4) is 0 Å². The lowest BCUT2D eigenvalue weighted by Crippen LogP contribution is -2.24. The number of carbonyl (C=O) groups excluding carboxylic acids is 2. The molecule has 0 atom stereocenters. The van der Waals surface area contributed by atoms with Crippen LogP contribution in [0.2, 0.25) is 0 Å². The van der Waals surface area contributed by atoms with Crippen molar-refractivity contribution >= 4 is 11.7 Å². The van der Waals surface area contributed by atoms with E-state index in [1.807, 2.05) is 0 Å². The normalized spacial score (nSPS) is 9.94. The van der Waals surface area contributed by atoms with Crippen LogP contribution < -0.4 is 5.32 Å². The largest absolute Gasteiger partial charge is 0.352 e. The number of carbonyl (C=O) groups is 2. The van der Waals surface area contributed by atoms with Crippen molar-refractivity contribution < 1.29 is 18.4 Å². The minimum Gasteiger partial charge on any atom is -0.352 e. The highest BCUT2D eigenvalue weighted by atomic mass is 19.2. The summed E-state index contributed by atoms with van der Waals surface area (Å²) in [5, 5.41) is 2.43. The quantitative estimate of drug-likeness (QED) is 0.793. The summed E-state index contributed by atoms with van der Waals surface area (Å²) in [5.41, 5.74) is 0.441. The lowest BCUT2D eigenvalue weighted by molar-refractivity contribution is -0.127. The first-order valence-electron chi connectivity index (χ1n) is 4.69. The Bertz CT molecular complexity index is 418. The molecule has 0 fully saturated rings. The predicted octanol–water partition coefficient (Wildman–Crippen LogP) is 1.56. The number of amides is 1. The Labute approximate surface area is 91.5 Å². The van der Waals surface area contributed by atoms with Crippen molar-refractivity contribution in [3.63, 3.8) is 0 Å². The smallest absolute Gasteiger partial charge is 0.227 e. The molecule has 0 saturated heterocycles. The number of hydrogen-bond acceptors (Lipinski definition) is 2. The standard InChI is InChI=1S/C11H11F2NO2/c1-7(15)4-11(16)14-6-8-2-3-9(12)10(13)5-8/h2-3,5H,4,6H2,1H3,(H,14,16). The van der Waals surface area contributed by atoms with E-state index in [0.717, 1.165) is 12.1 Å². The van der Waals surface area contributed by atoms with Gasteiger partial charge in [0.2, 0.25) is 5.91 Å². The van der Waals surface area contributed by atoms with Crippen LogP contribution >= 0.6 is 0 Å². The number of nitrogens with one attached hydrogen (secondary N) is 1. The molecule has 1 amide bonds. The summed E-state index contributed by atoms with van der Waals surface area (Å²) in [7, 11) is 0. The molecule has 3 nitrogen and oxygen atoms in total. The Morgan fingerprint density at radius 3 is 2.50 bits per heavy atom. The van der Waals surface area contributed by atoms with Crippen LogP contribution in [0.5, 0.6) is 0 Å². The van der Waals surface area contributed by atoms with E-state index in [1.165, 1.54) is 13.0 Å². The Kier molecular flexibility index (Phi) is 4.10. The van der Waals surface area contributed by atoms with Crippen LogP contribution in [0.15, 0.2) is 18.2 Å². The Hall–Kier alpha value is -1.78. The maximum atomic E-state index is 12.8. The molecule has 0 spiro atoms. The van der Waals surface area contributed by atoms with Gasteiger partial charge in [-0.1, -0.05) is 6.07 Å². The highest BCUT2D eigenvalue weighted by molar-refractivity contribution is 5.96. The van der Waals surface area contributed by atoms with E-state index >= 15 is 0 Å². The molecule has 0 aliphatic heterocycles. The second-order valence-electron chi connectivity index (χ2n) is 3.40. The second kappa shape index (κ2) is 5.34. The summed E-state index contributed by atoms with van der Waals surface area (Å²) in [5.74, 6) is -2.57. The van der Waals surface area contributed by atoms with Crippen molar-refractivity contribution in [1.29, 1.82) is 0 Å². The Morgan fingerprint density at radius 2 is 1.94 bits per heavy atom. The molecule has 1 aromatic carbocycles. The minimum absolute atomic E-state index is 0.0727. The maximum absolute atomic E-state index is 12.8. The van der Waals surface area contributed by atoms with Gasteiger partial charge in [0.05, 0.1) is 6.42 Å². The zero-order valence-electron chi connectivity index (χ0n) is 8.72. The molecule has 0 heterocycles. The molecule has 1 N–H and O–H groups in total. The average Bonchev–Trinajstić information content (AvgIpc) is 2.19. The highest BCUT2D eigenvalue weighted by Crippen LogP contribution is 2.08. The van der Waals surface area contributed by atoms with E-state index in [0.29, 0.717) is 5.56 Å². The van der Waals surface area contributed by atoms with Gasteiger partial charge in [-0.25, -0.2) is 8.78 Å². The van der Waals surface area contributed by atoms with Gasteiger partial charge in [0, 0.05) is 6.54 Å². The van der Waals surface area contributed by atoms with Crippen molar-refractivity contribution in [2.24, 2.45) is 0 Å². The van der Waals surface area contributed by atoms with Crippen LogP contribution in [-0.2, 0) is 16.1 Å². The average molecular weight is 227 g/mol. The van der Waals surface area contributed by atoms with Crippen molar-refractivity contribution in [3.05, 3.63) is 35.4 Å². The van der Waals surface area contributed by atoms with Gasteiger partial charge in [-0.05, 0) is 24.6 Å². The molecule has 0 saturated carbocycles. The van der Waals surface area contributed by atoms with Gasteiger partial charge < -0.3 is 5.32 Å². The third kappa shape index (κ3) is 3.76. The first-order valence-corrected chi connectivity index (χ1v) is 4.69. The summed E-state index contributed by atoms with van der Waals surface area (Å²) >= 11 is 0. The third-order valence-electron chi connectivity index (χ3n) is 1.88. The van der Waals surface area contributed by atoms with Crippen LogP contribution in [-0.4, -0.2) is 11.7 Å². The van der Waals surface area contributed by atoms with Gasteiger partial charge in [-0.3, -0.25) is 9.59 Å². The predicted molar refractivity (Wildman–Crippen MR) is 53.5 cm³/mol. The summed E-state index contributed by atoms with van der Waals surface area (Å²) in [6, 6.07) is 3.36. The van der Waals surface area contributed by atoms with Crippen LogP contribution in [0.3, 0.4) is 0 Å². The molecule has 16 heavy (non-hydrogen) atoms. The van der Waals surface area contributed by atoms with Gasteiger partial charge >= 0.3 is 0 Å². The van der Waals surface area contributed by atoms with E-state index in [1.54, 1.807) is 0 Å². The molecular weight excluding hydrogens is 216 g/mol. The molecule has 0 unspecified atom stereocenters. The first-order chi connectivity index (χ1) is 7.49. The fraction of sp³-hybridized carbons (Fsp3) is 0.273. The van der Waals surface area contributed by atoms with Gasteiger partial charge in [0.1, 0.15) is 5.78 Å². The number of hydrogen-bond donors (Lipinski definition) is 1. The zero-order valence-corrected chi connectivity index (χ0v) is 8.72. The topological polar surface area (TPSA) is 46.2 Å². The van der Waals surface area contributed by atoms with E-state index in [-0.39, 0.29) is 18.7 Å². The fourth-order valence-electron chi connectivity index (χ4n) is 1.14. The van der Waals surface area contributed by atoms with Gasteiger partial charge in [-0.15, -0.1) is 0 Å². The first kappa shape index (κ1) is 12.3. The van der Waals surface area contributed by atoms with Crippen LogP contribution in [0.1, 0.15) is 18.9 Å². The van der Waals surface area contributed by atoms with Gasteiger partial charge in [-0.2, -0.15) is 0 Å². The van der Waals surface area contributed by atoms with Crippen molar-refractivity contribution in [2.75, 3.05) is 0 Å². The lowest BCUT2D eigenvalue weighted by Gasteiger charge is -2.04. The number of rotatable bonds is 4. The van der Waals surface area contributed by atoms with Gasteiger partial charge in [0.15, 0.2) is 11.6 Å². The molecule has 0 bridgehead atoms. The number of benzene rings is 1. The Morgan fingerprint density at radius 1 is 1.25 bits per heavy atom. The molecule has 0 radical (unpaired) electrons. The molecule has 0 aromatic heterocycles. The Balaban J connectivity index is 2.51. The molecular formula is C11H11F2NO2. The fourth-order valence-corrected chi connectivity index (χ4v) is 1.14. The summed E-state index contributed by atoms with van der Waals surface area (Å²) in [6.07, 6.45) is -0.205.